The van der Waals surface area contributed by atoms with Gasteiger partial charge in [-0.15, -0.1) is 0 Å². The predicted octanol–water partition coefficient (Wildman–Crippen LogP) is 4.55. The summed E-state index contributed by atoms with van der Waals surface area (Å²) in [4.78, 5) is 5.27. The van der Waals surface area contributed by atoms with Gasteiger partial charge in [-0.05, 0) is 86.0 Å². The van der Waals surface area contributed by atoms with Gasteiger partial charge in [-0.2, -0.15) is 0 Å². The maximum Gasteiger partial charge on any atom is 0.161 e. The van der Waals surface area contributed by atoms with Crippen LogP contribution in [0.3, 0.4) is 0 Å². The Hall–Kier alpha value is -2.24. The van der Waals surface area contributed by atoms with Crippen molar-refractivity contribution in [1.29, 1.82) is 0 Å². The van der Waals surface area contributed by atoms with Crippen molar-refractivity contribution in [2.24, 2.45) is 5.92 Å². The number of aryl methyl sites for hydroxylation is 1. The van der Waals surface area contributed by atoms with Crippen molar-refractivity contribution in [3.05, 3.63) is 53.1 Å². The van der Waals surface area contributed by atoms with E-state index in [2.05, 4.69) is 47.1 Å². The van der Waals surface area contributed by atoms with Gasteiger partial charge in [0.15, 0.2) is 11.5 Å². The Kier molecular flexibility index (Phi) is 7.93. The van der Waals surface area contributed by atoms with Gasteiger partial charge in [-0.25, -0.2) is 0 Å². The number of rotatable bonds is 9. The maximum absolute atomic E-state index is 5.94. The summed E-state index contributed by atoms with van der Waals surface area (Å²) in [6, 6.07) is 12.7. The molecule has 0 aromatic heterocycles. The van der Waals surface area contributed by atoms with Crippen LogP contribution in [-0.2, 0) is 13.0 Å². The Morgan fingerprint density at radius 1 is 0.969 bits per heavy atom. The summed E-state index contributed by atoms with van der Waals surface area (Å²) >= 11 is 0. The molecule has 0 amide bonds. The Labute approximate surface area is 193 Å². The molecule has 2 heterocycles. The largest absolute Gasteiger partial charge is 0.494 e. The summed E-state index contributed by atoms with van der Waals surface area (Å²) in [5.41, 5.74) is 4.03. The smallest absolute Gasteiger partial charge is 0.161 e. The molecule has 2 aliphatic rings. The fourth-order valence-corrected chi connectivity index (χ4v) is 5.15. The van der Waals surface area contributed by atoms with Gasteiger partial charge in [0.2, 0.25) is 0 Å². The average molecular weight is 439 g/mol. The van der Waals surface area contributed by atoms with Crippen LogP contribution < -0.4 is 14.2 Å². The Morgan fingerprint density at radius 2 is 1.78 bits per heavy atom. The SMILES string of the molecule is COc1cc2c(cc1OC)CN(CC1CCCN(CCCOc3cccc(C)c3)C1)CC2. The van der Waals surface area contributed by atoms with Crippen molar-refractivity contribution in [3.8, 4) is 17.2 Å². The third-order valence-corrected chi connectivity index (χ3v) is 6.79. The van der Waals surface area contributed by atoms with E-state index in [9.17, 15) is 0 Å². The molecule has 1 saturated heterocycles. The van der Waals surface area contributed by atoms with Gasteiger partial charge in [-0.1, -0.05) is 12.1 Å². The van der Waals surface area contributed by atoms with Crippen LogP contribution in [0.5, 0.6) is 17.2 Å². The first-order valence-corrected chi connectivity index (χ1v) is 12.0. The first kappa shape index (κ1) is 22.9. The molecule has 0 radical (unpaired) electrons. The lowest BCUT2D eigenvalue weighted by Crippen LogP contribution is -2.42. The number of methoxy groups -OCH3 is 2. The van der Waals surface area contributed by atoms with Gasteiger partial charge < -0.3 is 19.1 Å². The van der Waals surface area contributed by atoms with E-state index in [1.165, 1.54) is 49.2 Å². The summed E-state index contributed by atoms with van der Waals surface area (Å²) in [5, 5.41) is 0. The zero-order valence-electron chi connectivity index (χ0n) is 19.9. The second kappa shape index (κ2) is 11.1. The molecule has 2 aliphatic heterocycles. The second-order valence-corrected chi connectivity index (χ2v) is 9.29. The van der Waals surface area contributed by atoms with E-state index in [0.29, 0.717) is 0 Å². The standard InChI is InChI=1S/C27H38N2O3/c1-21-7-4-9-25(15-21)32-14-6-12-28-11-5-8-22(18-28)19-29-13-10-23-16-26(30-2)27(31-3)17-24(23)20-29/h4,7,9,15-17,22H,5-6,8,10-14,18-20H2,1-3H3. The first-order valence-electron chi connectivity index (χ1n) is 12.0. The van der Waals surface area contributed by atoms with E-state index in [-0.39, 0.29) is 0 Å². The average Bonchev–Trinajstić information content (AvgIpc) is 2.81. The number of fused-ring (bicyclic) bond motifs is 1. The van der Waals surface area contributed by atoms with Crippen molar-refractivity contribution >= 4 is 0 Å². The molecular formula is C27H38N2O3. The predicted molar refractivity (Wildman–Crippen MR) is 129 cm³/mol. The van der Waals surface area contributed by atoms with Crippen molar-refractivity contribution in [3.63, 3.8) is 0 Å². The van der Waals surface area contributed by atoms with Gasteiger partial charge in [0.1, 0.15) is 5.75 Å². The Bertz CT molecular complexity index is 885. The summed E-state index contributed by atoms with van der Waals surface area (Å²) in [5.74, 6) is 3.42. The fourth-order valence-electron chi connectivity index (χ4n) is 5.15. The van der Waals surface area contributed by atoms with Crippen LogP contribution in [0.15, 0.2) is 36.4 Å². The monoisotopic (exact) mass is 438 g/mol. The highest BCUT2D eigenvalue weighted by Gasteiger charge is 2.25. The van der Waals surface area contributed by atoms with Gasteiger partial charge in [0, 0.05) is 32.7 Å². The first-order chi connectivity index (χ1) is 15.6. The van der Waals surface area contributed by atoms with Crippen LogP contribution in [0.25, 0.3) is 0 Å². The highest BCUT2D eigenvalue weighted by Crippen LogP contribution is 2.33. The molecule has 5 nitrogen and oxygen atoms in total. The molecule has 174 valence electrons. The van der Waals surface area contributed by atoms with Gasteiger partial charge >= 0.3 is 0 Å². The van der Waals surface area contributed by atoms with Crippen LogP contribution >= 0.6 is 0 Å². The number of ether oxygens (including phenoxy) is 3. The van der Waals surface area contributed by atoms with E-state index in [4.69, 9.17) is 14.2 Å². The quantitative estimate of drug-likeness (QED) is 0.537. The van der Waals surface area contributed by atoms with Crippen molar-refractivity contribution in [2.75, 3.05) is 53.6 Å². The minimum Gasteiger partial charge on any atom is -0.494 e. The summed E-state index contributed by atoms with van der Waals surface area (Å²) in [6.07, 6.45) is 4.81. The van der Waals surface area contributed by atoms with Gasteiger partial charge in [-0.3, -0.25) is 4.90 Å². The molecule has 5 heteroatoms. The van der Waals surface area contributed by atoms with Crippen molar-refractivity contribution < 1.29 is 14.2 Å². The number of hydrogen-bond acceptors (Lipinski definition) is 5. The third kappa shape index (κ3) is 5.96. The molecule has 4 rings (SSSR count). The van der Waals surface area contributed by atoms with Gasteiger partial charge in [0.25, 0.3) is 0 Å². The molecule has 0 aliphatic carbocycles. The molecule has 0 N–H and O–H groups in total. The third-order valence-electron chi connectivity index (χ3n) is 6.79. The minimum atomic E-state index is 0.753. The Balaban J connectivity index is 1.23. The van der Waals surface area contributed by atoms with Crippen LogP contribution in [0, 0.1) is 12.8 Å². The number of hydrogen-bond donors (Lipinski definition) is 0. The van der Waals surface area contributed by atoms with E-state index < -0.39 is 0 Å². The summed E-state index contributed by atoms with van der Waals surface area (Å²) in [6.45, 7) is 9.78. The highest BCUT2D eigenvalue weighted by atomic mass is 16.5. The fraction of sp³-hybridized carbons (Fsp3) is 0.556. The van der Waals surface area contributed by atoms with Crippen LogP contribution in [-0.4, -0.2) is 63.4 Å². The van der Waals surface area contributed by atoms with Crippen LogP contribution in [0.2, 0.25) is 0 Å². The zero-order valence-corrected chi connectivity index (χ0v) is 19.9. The zero-order chi connectivity index (χ0) is 22.3. The van der Waals surface area contributed by atoms with Crippen molar-refractivity contribution in [2.45, 2.75) is 39.2 Å². The lowest BCUT2D eigenvalue weighted by Gasteiger charge is -2.37. The molecule has 1 fully saturated rings. The van der Waals surface area contributed by atoms with Crippen LogP contribution in [0.4, 0.5) is 0 Å². The molecular weight excluding hydrogens is 400 g/mol. The lowest BCUT2D eigenvalue weighted by molar-refractivity contribution is 0.121. The normalized spacial score (nSPS) is 19.4. The summed E-state index contributed by atoms with van der Waals surface area (Å²) in [7, 11) is 3.43. The number of benzene rings is 2. The van der Waals surface area contributed by atoms with Gasteiger partial charge in [0.05, 0.1) is 20.8 Å². The van der Waals surface area contributed by atoms with E-state index >= 15 is 0 Å². The molecule has 0 spiro atoms. The minimum absolute atomic E-state index is 0.753. The number of nitrogens with zero attached hydrogens (tertiary/aromatic N) is 2. The molecule has 32 heavy (non-hydrogen) atoms. The Morgan fingerprint density at radius 3 is 2.56 bits per heavy atom. The van der Waals surface area contributed by atoms with Crippen molar-refractivity contribution in [1.82, 2.24) is 9.80 Å². The van der Waals surface area contributed by atoms with E-state index in [1.807, 2.05) is 6.07 Å². The number of piperidine rings is 1. The second-order valence-electron chi connectivity index (χ2n) is 9.29. The lowest BCUT2D eigenvalue weighted by atomic mass is 9.94. The van der Waals surface area contributed by atoms with E-state index in [0.717, 1.165) is 62.2 Å². The molecule has 2 aromatic carbocycles. The number of likely N-dealkylation sites (tertiary alicyclic amines) is 1. The molecule has 0 saturated carbocycles. The van der Waals surface area contributed by atoms with Crippen LogP contribution in [0.1, 0.15) is 36.0 Å². The summed E-state index contributed by atoms with van der Waals surface area (Å²) < 4.78 is 16.9. The topological polar surface area (TPSA) is 34.2 Å². The highest BCUT2D eigenvalue weighted by molar-refractivity contribution is 5.48. The maximum atomic E-state index is 5.94. The molecule has 1 unspecified atom stereocenters. The molecule has 0 bridgehead atoms. The van der Waals surface area contributed by atoms with E-state index in [1.54, 1.807) is 14.2 Å². The molecule has 1 atom stereocenters. The molecule has 2 aromatic rings.